The Morgan fingerprint density at radius 1 is 1.03 bits per heavy atom. The summed E-state index contributed by atoms with van der Waals surface area (Å²) in [6, 6.07) is -1.30. The monoisotopic (exact) mass is 449 g/mol. The van der Waals surface area contributed by atoms with Crippen LogP contribution in [0, 0.1) is 0 Å². The predicted molar refractivity (Wildman–Crippen MR) is 120 cm³/mol. The first-order valence-corrected chi connectivity index (χ1v) is 11.0. The molecule has 3 N–H and O–H groups in total. The highest BCUT2D eigenvalue weighted by Gasteiger charge is 2.36. The largest absolute Gasteiger partial charge is 0.480 e. The van der Waals surface area contributed by atoms with Crippen molar-refractivity contribution < 1.29 is 24.3 Å². The van der Waals surface area contributed by atoms with Crippen molar-refractivity contribution in [1.82, 2.24) is 19.6 Å². The minimum absolute atomic E-state index is 0.0337. The van der Waals surface area contributed by atoms with Gasteiger partial charge in [0.15, 0.2) is 0 Å². The zero-order chi connectivity index (χ0) is 24.0. The number of nitrogens with two attached hydrogens (primary N) is 1. The van der Waals surface area contributed by atoms with Gasteiger partial charge in [-0.1, -0.05) is 12.7 Å². The Balaban J connectivity index is 1.91. The minimum Gasteiger partial charge on any atom is -0.480 e. The van der Waals surface area contributed by atoms with Gasteiger partial charge in [0.25, 0.3) is 0 Å². The summed E-state index contributed by atoms with van der Waals surface area (Å²) in [6.07, 6.45) is 5.02. The Bertz CT molecular complexity index is 768. The van der Waals surface area contributed by atoms with Crippen LogP contribution in [0.15, 0.2) is 24.8 Å². The maximum atomic E-state index is 12.6. The van der Waals surface area contributed by atoms with Gasteiger partial charge in [-0.25, -0.2) is 0 Å². The third-order valence-corrected chi connectivity index (χ3v) is 6.24. The molecule has 10 nitrogen and oxygen atoms in total. The topological polar surface area (TPSA) is 127 Å². The molecule has 0 saturated carbocycles. The van der Waals surface area contributed by atoms with Gasteiger partial charge < -0.3 is 20.6 Å². The first-order valence-electron chi connectivity index (χ1n) is 11.0. The lowest BCUT2D eigenvalue weighted by molar-refractivity contribution is -0.148. The van der Waals surface area contributed by atoms with E-state index in [0.717, 1.165) is 0 Å². The molecule has 0 radical (unpaired) electrons. The molecule has 0 bridgehead atoms. The Kier molecular flexibility index (Phi) is 8.97. The van der Waals surface area contributed by atoms with Crippen molar-refractivity contribution in [2.75, 3.05) is 39.3 Å². The number of carboxylic acids is 1. The lowest BCUT2D eigenvalue weighted by Crippen LogP contribution is -2.61. The van der Waals surface area contributed by atoms with Crippen molar-refractivity contribution >= 4 is 23.7 Å². The van der Waals surface area contributed by atoms with Crippen molar-refractivity contribution in [3.8, 4) is 0 Å². The quantitative estimate of drug-likeness (QED) is 0.479. The molecule has 0 aliphatic carbocycles. The fourth-order valence-electron chi connectivity index (χ4n) is 4.28. The number of aliphatic carboxylic acids is 1. The van der Waals surface area contributed by atoms with Gasteiger partial charge in [0.05, 0.1) is 0 Å². The second-order valence-electron chi connectivity index (χ2n) is 8.61. The molecule has 2 heterocycles. The molecule has 3 atom stereocenters. The molecule has 10 heteroatoms. The number of primary amides is 1. The first kappa shape index (κ1) is 25.5. The molecule has 2 fully saturated rings. The molecule has 2 saturated heterocycles. The molecular formula is C22H35N5O5. The van der Waals surface area contributed by atoms with Gasteiger partial charge in [-0.15, -0.1) is 0 Å². The lowest BCUT2D eigenvalue weighted by atomic mass is 10.1. The van der Waals surface area contributed by atoms with Crippen molar-refractivity contribution in [2.24, 2.45) is 5.73 Å². The van der Waals surface area contributed by atoms with Crippen molar-refractivity contribution in [2.45, 2.75) is 51.4 Å². The van der Waals surface area contributed by atoms with Crippen molar-refractivity contribution in [3.63, 3.8) is 0 Å². The smallest absolute Gasteiger partial charge is 0.322 e. The highest BCUT2D eigenvalue weighted by Crippen LogP contribution is 2.17. The third kappa shape index (κ3) is 6.17. The van der Waals surface area contributed by atoms with E-state index in [1.54, 1.807) is 11.0 Å². The summed E-state index contributed by atoms with van der Waals surface area (Å²) in [7, 11) is 0. The van der Waals surface area contributed by atoms with Crippen LogP contribution in [0.1, 0.15) is 27.2 Å². The summed E-state index contributed by atoms with van der Waals surface area (Å²) in [5.74, 6) is -2.00. The summed E-state index contributed by atoms with van der Waals surface area (Å²) >= 11 is 0. The molecule has 0 aromatic heterocycles. The summed E-state index contributed by atoms with van der Waals surface area (Å²) in [5.41, 5.74) is 5.49. The maximum Gasteiger partial charge on any atom is 0.322 e. The van der Waals surface area contributed by atoms with Crippen molar-refractivity contribution in [1.29, 1.82) is 0 Å². The van der Waals surface area contributed by atoms with Crippen LogP contribution in [0.25, 0.3) is 0 Å². The number of hydrogen-bond acceptors (Lipinski definition) is 6. The number of amides is 3. The number of hydrogen-bond donors (Lipinski definition) is 2. The van der Waals surface area contributed by atoms with Gasteiger partial charge in [-0.05, 0) is 39.3 Å². The van der Waals surface area contributed by atoms with E-state index in [1.807, 2.05) is 25.7 Å². The fourth-order valence-corrected chi connectivity index (χ4v) is 4.28. The van der Waals surface area contributed by atoms with E-state index < -0.39 is 24.0 Å². The summed E-state index contributed by atoms with van der Waals surface area (Å²) in [6.45, 7) is 11.8. The van der Waals surface area contributed by atoms with E-state index in [1.165, 1.54) is 17.1 Å². The van der Waals surface area contributed by atoms with Crippen LogP contribution in [0.2, 0.25) is 0 Å². The van der Waals surface area contributed by atoms with Crippen molar-refractivity contribution in [3.05, 3.63) is 24.8 Å². The van der Waals surface area contributed by atoms with Crippen LogP contribution in [0.4, 0.5) is 0 Å². The Morgan fingerprint density at radius 2 is 1.72 bits per heavy atom. The number of piperazine rings is 2. The standard InChI is InChI=1S/C22H35N5O5/c1-5-19(28)27-12-9-24(13-17(27)21(23)30)16(4)7-6-8-20(29)25-10-11-26(15(2)3)18(14-25)22(31)32/h5-6,8,15-18H,1,7,9-14H2,2-4H3,(H2,23,30)(H,31,32)/b8-6-. The van der Waals surface area contributed by atoms with Gasteiger partial charge in [0.1, 0.15) is 12.1 Å². The van der Waals surface area contributed by atoms with Gasteiger partial charge in [0.2, 0.25) is 17.7 Å². The average molecular weight is 450 g/mol. The molecule has 3 amide bonds. The molecule has 2 aliphatic heterocycles. The van der Waals surface area contributed by atoms with Gasteiger partial charge >= 0.3 is 5.97 Å². The maximum absolute atomic E-state index is 12.6. The van der Waals surface area contributed by atoms with Gasteiger partial charge in [0, 0.05) is 51.4 Å². The molecule has 2 aliphatic rings. The Hall–Kier alpha value is -2.72. The number of carboxylic acid groups (broad SMARTS) is 1. The SMILES string of the molecule is C=CC(=O)N1CCN(C(C)C/C=C\C(=O)N2CCN(C(C)C)C(C(=O)O)C2)CC1C(N)=O. The van der Waals surface area contributed by atoms with Crippen LogP contribution in [-0.2, 0) is 19.2 Å². The highest BCUT2D eigenvalue weighted by molar-refractivity contribution is 5.92. The second-order valence-corrected chi connectivity index (χ2v) is 8.61. The van der Waals surface area contributed by atoms with E-state index in [-0.39, 0.29) is 30.4 Å². The molecule has 32 heavy (non-hydrogen) atoms. The van der Waals surface area contributed by atoms with Gasteiger partial charge in [-0.2, -0.15) is 0 Å². The van der Waals surface area contributed by atoms with E-state index in [4.69, 9.17) is 5.73 Å². The average Bonchev–Trinajstić information content (AvgIpc) is 2.77. The molecule has 178 valence electrons. The molecule has 3 unspecified atom stereocenters. The van der Waals surface area contributed by atoms with Crippen LogP contribution in [0.5, 0.6) is 0 Å². The second kappa shape index (κ2) is 11.2. The zero-order valence-electron chi connectivity index (χ0n) is 19.1. The van der Waals surface area contributed by atoms with Crippen LogP contribution >= 0.6 is 0 Å². The number of nitrogens with zero attached hydrogens (tertiary/aromatic N) is 4. The summed E-state index contributed by atoms with van der Waals surface area (Å²) in [5, 5.41) is 9.51. The van der Waals surface area contributed by atoms with Crippen LogP contribution < -0.4 is 5.73 Å². The minimum atomic E-state index is -0.924. The van der Waals surface area contributed by atoms with E-state index in [9.17, 15) is 24.3 Å². The number of carbonyl (C=O) groups excluding carboxylic acids is 3. The van der Waals surface area contributed by atoms with Gasteiger partial charge in [-0.3, -0.25) is 29.0 Å². The molecule has 0 aromatic rings. The number of rotatable bonds is 8. The molecule has 2 rings (SSSR count). The summed E-state index contributed by atoms with van der Waals surface area (Å²) < 4.78 is 0. The Morgan fingerprint density at radius 3 is 2.28 bits per heavy atom. The van der Waals surface area contributed by atoms with E-state index in [0.29, 0.717) is 39.1 Å². The van der Waals surface area contributed by atoms with E-state index >= 15 is 0 Å². The molecule has 0 aromatic carbocycles. The molecular weight excluding hydrogens is 414 g/mol. The predicted octanol–water partition coefficient (Wildman–Crippen LogP) is -0.489. The zero-order valence-corrected chi connectivity index (χ0v) is 19.1. The first-order chi connectivity index (χ1) is 15.1. The van der Waals surface area contributed by atoms with Crippen LogP contribution in [-0.4, -0.2) is 112 Å². The number of carbonyl (C=O) groups is 4. The highest BCUT2D eigenvalue weighted by atomic mass is 16.4. The summed E-state index contributed by atoms with van der Waals surface area (Å²) in [4.78, 5) is 55.0. The third-order valence-electron chi connectivity index (χ3n) is 6.24. The Labute approximate surface area is 189 Å². The van der Waals surface area contributed by atoms with E-state index in [2.05, 4.69) is 11.5 Å². The molecule has 0 spiro atoms. The lowest BCUT2D eigenvalue weighted by Gasteiger charge is -2.42. The normalized spacial score (nSPS) is 24.0. The van der Waals surface area contributed by atoms with Crippen LogP contribution in [0.3, 0.4) is 0 Å². The fraction of sp³-hybridized carbons (Fsp3) is 0.636.